The number of carbonyl (C=O) groups excluding carboxylic acids is 1. The van der Waals surface area contributed by atoms with Crippen molar-refractivity contribution in [1.82, 2.24) is 9.29 Å². The van der Waals surface area contributed by atoms with E-state index >= 15 is 0 Å². The largest absolute Gasteiger partial charge is 0.283 e. The molecule has 4 aromatic rings. The van der Waals surface area contributed by atoms with E-state index in [-0.39, 0.29) is 29.8 Å². The fourth-order valence-electron chi connectivity index (χ4n) is 4.30. The molecule has 9 heteroatoms. The Balaban J connectivity index is 1.35. The van der Waals surface area contributed by atoms with Crippen LogP contribution in [0.3, 0.4) is 0 Å². The normalized spacial score (nSPS) is 15.3. The topological polar surface area (TPSA) is 70.6 Å². The summed E-state index contributed by atoms with van der Waals surface area (Å²) in [6, 6.07) is 22.4. The van der Waals surface area contributed by atoms with E-state index in [0.717, 1.165) is 27.9 Å². The van der Waals surface area contributed by atoms with Crippen LogP contribution in [0, 0.1) is 11.7 Å². The number of nitrogens with zero attached hydrogens (tertiary/aromatic N) is 3. The molecule has 0 bridgehead atoms. The highest BCUT2D eigenvalue weighted by Crippen LogP contribution is 2.33. The van der Waals surface area contributed by atoms with Crippen LogP contribution in [0.5, 0.6) is 0 Å². The minimum atomic E-state index is -3.73. The quantitative estimate of drug-likeness (QED) is 0.364. The third-order valence-corrected chi connectivity index (χ3v) is 9.19. The lowest BCUT2D eigenvalue weighted by atomic mass is 9.96. The number of halogens is 1. The van der Waals surface area contributed by atoms with Crippen LogP contribution in [-0.2, 0) is 21.4 Å². The smallest absolute Gasteiger partial charge is 0.243 e. The maximum atomic E-state index is 13.7. The maximum absolute atomic E-state index is 13.7. The summed E-state index contributed by atoms with van der Waals surface area (Å²) in [5.41, 5.74) is 1.84. The molecule has 5 rings (SSSR count). The number of carbonyl (C=O) groups is 1. The first-order valence-electron chi connectivity index (χ1n) is 11.4. The fraction of sp³-hybridized carbons (Fsp3) is 0.231. The Hall–Kier alpha value is -3.14. The molecular formula is C26H24FN3O3S2. The van der Waals surface area contributed by atoms with Crippen molar-refractivity contribution >= 4 is 42.6 Å². The molecule has 0 unspecified atom stereocenters. The predicted octanol–water partition coefficient (Wildman–Crippen LogP) is 5.07. The van der Waals surface area contributed by atoms with Crippen molar-refractivity contribution < 1.29 is 17.6 Å². The van der Waals surface area contributed by atoms with Crippen LogP contribution < -0.4 is 4.90 Å². The Kier molecular flexibility index (Phi) is 6.64. The molecule has 1 aromatic heterocycles. The lowest BCUT2D eigenvalue weighted by Gasteiger charge is -2.33. The molecule has 1 saturated heterocycles. The Morgan fingerprint density at radius 1 is 0.971 bits per heavy atom. The Labute approximate surface area is 207 Å². The average Bonchev–Trinajstić information content (AvgIpc) is 3.32. The number of para-hydroxylation sites is 1. The van der Waals surface area contributed by atoms with Gasteiger partial charge in [-0.25, -0.2) is 17.8 Å². The SMILES string of the molecule is O=C(C1CCN(S(=O)(=O)c2ccc(F)cc2)CC1)N(Cc1ccccc1)c1nc2ccccc2s1. The predicted molar refractivity (Wildman–Crippen MR) is 135 cm³/mol. The average molecular weight is 510 g/mol. The van der Waals surface area contributed by atoms with Crippen LogP contribution in [-0.4, -0.2) is 36.7 Å². The number of amides is 1. The molecule has 1 fully saturated rings. The van der Waals surface area contributed by atoms with Gasteiger partial charge in [0.25, 0.3) is 0 Å². The first-order chi connectivity index (χ1) is 16.9. The molecule has 35 heavy (non-hydrogen) atoms. The van der Waals surface area contributed by atoms with Crippen molar-refractivity contribution in [1.29, 1.82) is 0 Å². The molecule has 0 radical (unpaired) electrons. The molecule has 180 valence electrons. The molecule has 0 atom stereocenters. The van der Waals surface area contributed by atoms with E-state index in [1.54, 1.807) is 4.90 Å². The molecule has 0 saturated carbocycles. The van der Waals surface area contributed by atoms with Gasteiger partial charge in [0.2, 0.25) is 15.9 Å². The van der Waals surface area contributed by atoms with Gasteiger partial charge in [0.15, 0.2) is 5.13 Å². The lowest BCUT2D eigenvalue weighted by molar-refractivity contribution is -0.123. The third-order valence-electron chi connectivity index (χ3n) is 6.22. The fourth-order valence-corrected chi connectivity index (χ4v) is 6.74. The molecule has 0 spiro atoms. The first kappa shape index (κ1) is 23.6. The van der Waals surface area contributed by atoms with Crippen molar-refractivity contribution in [2.75, 3.05) is 18.0 Å². The Bertz CT molecular complexity index is 1400. The van der Waals surface area contributed by atoms with Gasteiger partial charge in [-0.2, -0.15) is 4.31 Å². The van der Waals surface area contributed by atoms with E-state index in [2.05, 4.69) is 0 Å². The summed E-state index contributed by atoms with van der Waals surface area (Å²) in [7, 11) is -3.73. The van der Waals surface area contributed by atoms with Crippen LogP contribution in [0.4, 0.5) is 9.52 Å². The van der Waals surface area contributed by atoms with Crippen molar-refractivity contribution in [3.63, 3.8) is 0 Å². The van der Waals surface area contributed by atoms with E-state index < -0.39 is 15.8 Å². The summed E-state index contributed by atoms with van der Waals surface area (Å²) in [6.45, 7) is 0.859. The number of thiazole rings is 1. The summed E-state index contributed by atoms with van der Waals surface area (Å²) in [4.78, 5) is 20.2. The molecular weight excluding hydrogens is 485 g/mol. The zero-order valence-electron chi connectivity index (χ0n) is 18.9. The van der Waals surface area contributed by atoms with Gasteiger partial charge in [-0.3, -0.25) is 9.69 Å². The number of benzene rings is 3. The first-order valence-corrected chi connectivity index (χ1v) is 13.6. The van der Waals surface area contributed by atoms with Gasteiger partial charge in [0.1, 0.15) is 5.82 Å². The summed E-state index contributed by atoms with van der Waals surface area (Å²) in [5, 5.41) is 0.640. The second kappa shape index (κ2) is 9.85. The number of aromatic nitrogens is 1. The highest BCUT2D eigenvalue weighted by Gasteiger charge is 2.35. The summed E-state index contributed by atoms with van der Waals surface area (Å²) in [6.07, 6.45) is 0.824. The minimum absolute atomic E-state index is 0.0493. The van der Waals surface area contributed by atoms with Gasteiger partial charge in [-0.1, -0.05) is 53.8 Å². The maximum Gasteiger partial charge on any atom is 0.243 e. The third kappa shape index (κ3) is 4.98. The molecule has 3 aromatic carbocycles. The number of hydrogen-bond donors (Lipinski definition) is 0. The number of sulfonamides is 1. The van der Waals surface area contributed by atoms with E-state index in [9.17, 15) is 17.6 Å². The number of hydrogen-bond acceptors (Lipinski definition) is 5. The van der Waals surface area contributed by atoms with Gasteiger partial charge in [0, 0.05) is 19.0 Å². The highest BCUT2D eigenvalue weighted by molar-refractivity contribution is 7.89. The summed E-state index contributed by atoms with van der Waals surface area (Å²) < 4.78 is 41.6. The van der Waals surface area contributed by atoms with Crippen molar-refractivity contribution in [2.45, 2.75) is 24.3 Å². The second-order valence-electron chi connectivity index (χ2n) is 8.51. The van der Waals surface area contributed by atoms with Crippen LogP contribution in [0.2, 0.25) is 0 Å². The van der Waals surface area contributed by atoms with Gasteiger partial charge in [-0.15, -0.1) is 0 Å². The van der Waals surface area contributed by atoms with Crippen molar-refractivity contribution in [2.24, 2.45) is 5.92 Å². The molecule has 1 amide bonds. The molecule has 0 N–H and O–H groups in total. The van der Waals surface area contributed by atoms with Crippen LogP contribution in [0.15, 0.2) is 83.8 Å². The Morgan fingerprint density at radius 2 is 1.63 bits per heavy atom. The number of piperidine rings is 1. The minimum Gasteiger partial charge on any atom is -0.283 e. The summed E-state index contributed by atoms with van der Waals surface area (Å²) in [5.74, 6) is -0.848. The second-order valence-corrected chi connectivity index (χ2v) is 11.5. The van der Waals surface area contributed by atoms with Gasteiger partial charge < -0.3 is 0 Å². The molecule has 1 aliphatic rings. The van der Waals surface area contributed by atoms with Crippen molar-refractivity contribution in [3.8, 4) is 0 Å². The van der Waals surface area contributed by atoms with Crippen molar-refractivity contribution in [3.05, 3.63) is 90.2 Å². The summed E-state index contributed by atoms with van der Waals surface area (Å²) >= 11 is 1.48. The van der Waals surface area contributed by atoms with E-state index in [0.29, 0.717) is 24.5 Å². The van der Waals surface area contributed by atoms with Gasteiger partial charge >= 0.3 is 0 Å². The van der Waals surface area contributed by atoms with E-state index in [1.807, 2.05) is 54.6 Å². The van der Waals surface area contributed by atoms with Gasteiger partial charge in [-0.05, 0) is 54.8 Å². The molecule has 0 aliphatic carbocycles. The zero-order valence-corrected chi connectivity index (χ0v) is 20.5. The standard InChI is InChI=1S/C26H24FN3O3S2/c27-21-10-12-22(13-11-21)35(32,33)29-16-14-20(15-17-29)25(31)30(18-19-6-2-1-3-7-19)26-28-23-8-4-5-9-24(23)34-26/h1-13,20H,14-18H2. The zero-order chi connectivity index (χ0) is 24.4. The monoisotopic (exact) mass is 509 g/mol. The number of rotatable bonds is 6. The number of anilines is 1. The van der Waals surface area contributed by atoms with Crippen LogP contribution >= 0.6 is 11.3 Å². The molecule has 1 aliphatic heterocycles. The van der Waals surface area contributed by atoms with Crippen LogP contribution in [0.1, 0.15) is 18.4 Å². The lowest BCUT2D eigenvalue weighted by Crippen LogP contribution is -2.44. The number of fused-ring (bicyclic) bond motifs is 1. The van der Waals surface area contributed by atoms with Gasteiger partial charge in [0.05, 0.1) is 21.7 Å². The van der Waals surface area contributed by atoms with E-state index in [1.165, 1.54) is 27.8 Å². The van der Waals surface area contributed by atoms with E-state index in [4.69, 9.17) is 4.98 Å². The molecule has 2 heterocycles. The Morgan fingerprint density at radius 3 is 2.31 bits per heavy atom. The molecule has 6 nitrogen and oxygen atoms in total. The van der Waals surface area contributed by atoms with Crippen LogP contribution in [0.25, 0.3) is 10.2 Å². The highest BCUT2D eigenvalue weighted by atomic mass is 32.2.